The molecule has 8 atom stereocenters. The van der Waals surface area contributed by atoms with Crippen molar-refractivity contribution >= 4 is 11.9 Å². The maximum Gasteiger partial charge on any atom is 0.306 e. The zero-order valence-electron chi connectivity index (χ0n) is 45.4. The lowest BCUT2D eigenvalue weighted by molar-refractivity contribution is -0.305. The van der Waals surface area contributed by atoms with Gasteiger partial charge >= 0.3 is 5.97 Å². The average Bonchev–Trinajstić information content (AvgIpc) is 3.36. The van der Waals surface area contributed by atoms with Crippen LogP contribution < -0.4 is 5.32 Å². The number of hydrogen-bond donors (Lipinski definition) is 6. The number of aliphatic hydroxyl groups is 5. The predicted octanol–water partition coefficient (Wildman–Crippen LogP) is 13.3. The first kappa shape index (κ1) is 66.2. The third-order valence-electron chi connectivity index (χ3n) is 14.1. The van der Waals surface area contributed by atoms with Crippen LogP contribution in [0.2, 0.25) is 0 Å². The van der Waals surface area contributed by atoms with Crippen LogP contribution in [0.15, 0.2) is 24.3 Å². The predicted molar refractivity (Wildman–Crippen MR) is 288 cm³/mol. The second kappa shape index (κ2) is 48.1. The third kappa shape index (κ3) is 36.1. The van der Waals surface area contributed by atoms with Gasteiger partial charge in [0, 0.05) is 6.42 Å². The van der Waals surface area contributed by atoms with E-state index in [1.807, 2.05) is 6.08 Å². The number of ether oxygens (including phenoxy) is 3. The summed E-state index contributed by atoms with van der Waals surface area (Å²) < 4.78 is 17.6. The monoisotopic (exact) mass is 994 g/mol. The number of amides is 1. The summed E-state index contributed by atoms with van der Waals surface area (Å²) in [6.07, 6.45) is 43.6. The molecule has 70 heavy (non-hydrogen) atoms. The van der Waals surface area contributed by atoms with E-state index < -0.39 is 67.4 Å². The van der Waals surface area contributed by atoms with Crippen molar-refractivity contribution in [1.29, 1.82) is 0 Å². The summed E-state index contributed by atoms with van der Waals surface area (Å²) in [6, 6.07) is -1.02. The second-order valence-electron chi connectivity index (χ2n) is 20.7. The van der Waals surface area contributed by atoms with Crippen molar-refractivity contribution in [3.63, 3.8) is 0 Å². The first-order chi connectivity index (χ1) is 34.2. The van der Waals surface area contributed by atoms with Crippen LogP contribution in [0.3, 0.4) is 0 Å². The van der Waals surface area contributed by atoms with Crippen molar-refractivity contribution in [3.8, 4) is 0 Å². The van der Waals surface area contributed by atoms with Crippen LogP contribution in [-0.4, -0.2) is 99.6 Å². The molecule has 1 saturated heterocycles. The zero-order valence-corrected chi connectivity index (χ0v) is 45.4. The molecule has 1 aliphatic heterocycles. The minimum atomic E-state index is -1.61. The van der Waals surface area contributed by atoms with Gasteiger partial charge in [-0.05, 0) is 51.4 Å². The Morgan fingerprint density at radius 1 is 0.543 bits per heavy atom. The first-order valence-corrected chi connectivity index (χ1v) is 29.6. The summed E-state index contributed by atoms with van der Waals surface area (Å²) >= 11 is 0. The zero-order chi connectivity index (χ0) is 51.1. The van der Waals surface area contributed by atoms with E-state index in [9.17, 15) is 35.1 Å². The number of esters is 1. The van der Waals surface area contributed by atoms with E-state index in [-0.39, 0.29) is 19.4 Å². The Morgan fingerprint density at radius 3 is 1.40 bits per heavy atom. The number of nitrogens with one attached hydrogen (secondary N) is 1. The van der Waals surface area contributed by atoms with Crippen LogP contribution in [0, 0.1) is 0 Å². The number of allylic oxidation sites excluding steroid dienone is 3. The molecular formula is C59H111NO10. The molecule has 6 N–H and O–H groups in total. The van der Waals surface area contributed by atoms with Gasteiger partial charge in [-0.1, -0.05) is 244 Å². The molecule has 1 rings (SSSR count). The molecule has 0 aromatic heterocycles. The van der Waals surface area contributed by atoms with Gasteiger partial charge in [0.1, 0.15) is 24.4 Å². The van der Waals surface area contributed by atoms with Gasteiger partial charge in [0.15, 0.2) is 12.4 Å². The van der Waals surface area contributed by atoms with Gasteiger partial charge in [0.25, 0.3) is 0 Å². The maximum absolute atomic E-state index is 13.4. The fraction of sp³-hybridized carbons (Fsp3) is 0.898. The van der Waals surface area contributed by atoms with Crippen LogP contribution in [0.25, 0.3) is 0 Å². The highest BCUT2D eigenvalue weighted by Gasteiger charge is 2.47. The largest absolute Gasteiger partial charge is 0.454 e. The summed E-state index contributed by atoms with van der Waals surface area (Å²) in [5, 5.41) is 56.8. The molecule has 0 saturated carbocycles. The Hall–Kier alpha value is -1.86. The van der Waals surface area contributed by atoms with E-state index in [0.717, 1.165) is 70.6 Å². The molecule has 0 aromatic carbocycles. The number of carbonyl (C=O) groups excluding carboxylic acids is 2. The van der Waals surface area contributed by atoms with Gasteiger partial charge in [-0.15, -0.1) is 0 Å². The van der Waals surface area contributed by atoms with Crippen molar-refractivity contribution in [1.82, 2.24) is 5.32 Å². The second-order valence-corrected chi connectivity index (χ2v) is 20.7. The Morgan fingerprint density at radius 2 is 0.943 bits per heavy atom. The van der Waals surface area contributed by atoms with Crippen LogP contribution in [0.5, 0.6) is 0 Å². The van der Waals surface area contributed by atoms with E-state index in [2.05, 4.69) is 38.2 Å². The van der Waals surface area contributed by atoms with Crippen molar-refractivity contribution in [2.45, 2.75) is 327 Å². The SMILES string of the molecule is CCCCCC/C=C\CCCCCCCCC(O)C(=O)NC(COC1OC(CO)C(O)C(O)C1OC(=O)CCCCCCCCCCCCCCCCC)C(O)/C=C/CCCCCCCCCCCC. The van der Waals surface area contributed by atoms with Gasteiger partial charge in [-0.3, -0.25) is 9.59 Å². The molecule has 412 valence electrons. The van der Waals surface area contributed by atoms with Gasteiger partial charge < -0.3 is 45.1 Å². The molecule has 11 heteroatoms. The van der Waals surface area contributed by atoms with Gasteiger partial charge in [0.2, 0.25) is 5.91 Å². The summed E-state index contributed by atoms with van der Waals surface area (Å²) in [6.45, 7) is 5.78. The van der Waals surface area contributed by atoms with Crippen molar-refractivity contribution < 1.29 is 49.3 Å². The summed E-state index contributed by atoms with van der Waals surface area (Å²) in [5.74, 6) is -1.19. The molecule has 0 aliphatic carbocycles. The number of rotatable bonds is 50. The van der Waals surface area contributed by atoms with E-state index in [1.54, 1.807) is 6.08 Å². The van der Waals surface area contributed by atoms with Gasteiger partial charge in [-0.2, -0.15) is 0 Å². The van der Waals surface area contributed by atoms with Crippen molar-refractivity contribution in [2.24, 2.45) is 0 Å². The van der Waals surface area contributed by atoms with E-state index in [1.165, 1.54) is 161 Å². The molecule has 0 radical (unpaired) electrons. The third-order valence-corrected chi connectivity index (χ3v) is 14.1. The molecule has 11 nitrogen and oxygen atoms in total. The Kier molecular flexibility index (Phi) is 45.5. The standard InChI is InChI=1S/C59H111NO10/c1-4-7-10-13-16-19-22-25-27-29-32-35-38-41-44-47-54(64)70-57-56(66)55(65)53(48-61)69-59(57)68-49-50(51(62)45-42-39-36-33-30-24-21-18-15-12-9-6-3)60-58(67)52(63)46-43-40-37-34-31-28-26-23-20-17-14-11-8-5-2/h20,23,42,45,50-53,55-57,59,61-63,65-66H,4-19,21-22,24-41,43-44,46-49H2,1-3H3,(H,60,67)/b23-20-,45-42+. The fourth-order valence-corrected chi connectivity index (χ4v) is 9.35. The molecule has 0 spiro atoms. The lowest BCUT2D eigenvalue weighted by Gasteiger charge is -2.41. The van der Waals surface area contributed by atoms with Crippen LogP contribution in [0.1, 0.15) is 278 Å². The van der Waals surface area contributed by atoms with E-state index in [0.29, 0.717) is 12.8 Å². The van der Waals surface area contributed by atoms with Crippen LogP contribution in [0.4, 0.5) is 0 Å². The highest BCUT2D eigenvalue weighted by Crippen LogP contribution is 2.26. The molecule has 8 unspecified atom stereocenters. The number of carbonyl (C=O) groups is 2. The highest BCUT2D eigenvalue weighted by atomic mass is 16.7. The number of aliphatic hydroxyl groups excluding tert-OH is 5. The normalized spacial score (nSPS) is 19.8. The summed E-state index contributed by atoms with van der Waals surface area (Å²) in [7, 11) is 0. The minimum Gasteiger partial charge on any atom is -0.454 e. The highest BCUT2D eigenvalue weighted by molar-refractivity contribution is 5.80. The first-order valence-electron chi connectivity index (χ1n) is 29.6. The summed E-state index contributed by atoms with van der Waals surface area (Å²) in [4.78, 5) is 26.5. The average molecular weight is 995 g/mol. The molecule has 1 heterocycles. The number of unbranched alkanes of at least 4 members (excludes halogenated alkanes) is 34. The molecule has 1 aliphatic rings. The minimum absolute atomic E-state index is 0.129. The molecule has 1 fully saturated rings. The van der Waals surface area contributed by atoms with Crippen LogP contribution in [-0.2, 0) is 23.8 Å². The quantitative estimate of drug-likeness (QED) is 0.0195. The molecule has 0 bridgehead atoms. The summed E-state index contributed by atoms with van der Waals surface area (Å²) in [5.41, 5.74) is 0. The van der Waals surface area contributed by atoms with E-state index in [4.69, 9.17) is 14.2 Å². The van der Waals surface area contributed by atoms with E-state index >= 15 is 0 Å². The smallest absolute Gasteiger partial charge is 0.306 e. The van der Waals surface area contributed by atoms with Crippen LogP contribution >= 0.6 is 0 Å². The Balaban J connectivity index is 2.71. The number of hydrogen-bond acceptors (Lipinski definition) is 10. The van der Waals surface area contributed by atoms with Gasteiger partial charge in [-0.25, -0.2) is 0 Å². The maximum atomic E-state index is 13.4. The topological polar surface area (TPSA) is 175 Å². The fourth-order valence-electron chi connectivity index (χ4n) is 9.35. The van der Waals surface area contributed by atoms with Crippen molar-refractivity contribution in [2.75, 3.05) is 13.2 Å². The molecule has 1 amide bonds. The van der Waals surface area contributed by atoms with Gasteiger partial charge in [0.05, 0.1) is 25.4 Å². The Bertz CT molecular complexity index is 1230. The Labute approximate surface area is 429 Å². The lowest BCUT2D eigenvalue weighted by Crippen LogP contribution is -2.61. The molecular weight excluding hydrogens is 883 g/mol. The molecule has 0 aromatic rings. The van der Waals surface area contributed by atoms with Crippen molar-refractivity contribution in [3.05, 3.63) is 24.3 Å². The lowest BCUT2D eigenvalue weighted by atomic mass is 9.99.